The molecular formula is C19H24N2O2. The van der Waals surface area contributed by atoms with Crippen LogP contribution in [0.25, 0.3) is 0 Å². The molecule has 1 aromatic carbocycles. The molecule has 3 rings (SSSR count). The van der Waals surface area contributed by atoms with Crippen LogP contribution >= 0.6 is 0 Å². The van der Waals surface area contributed by atoms with Gasteiger partial charge in [0, 0.05) is 13.1 Å². The quantitative estimate of drug-likeness (QED) is 0.863. The first kappa shape index (κ1) is 15.8. The van der Waals surface area contributed by atoms with Crippen LogP contribution in [0.4, 0.5) is 0 Å². The molecule has 1 saturated heterocycles. The van der Waals surface area contributed by atoms with Crippen LogP contribution in [-0.4, -0.2) is 28.9 Å². The van der Waals surface area contributed by atoms with Gasteiger partial charge >= 0.3 is 0 Å². The summed E-state index contributed by atoms with van der Waals surface area (Å²) in [6.07, 6.45) is 5.83. The van der Waals surface area contributed by atoms with E-state index in [0.717, 1.165) is 32.4 Å². The first-order valence-electron chi connectivity index (χ1n) is 8.39. The summed E-state index contributed by atoms with van der Waals surface area (Å²) in [6.45, 7) is 5.62. The Hall–Kier alpha value is -2.10. The summed E-state index contributed by atoms with van der Waals surface area (Å²) in [5.74, 6) is 0.945. The molecule has 0 saturated carbocycles. The van der Waals surface area contributed by atoms with E-state index in [0.29, 0.717) is 17.4 Å². The normalized spacial score (nSPS) is 18.2. The number of nitrogens with zero attached hydrogens (tertiary/aromatic N) is 2. The number of amides is 1. The minimum absolute atomic E-state index is 0.0133. The zero-order valence-corrected chi connectivity index (χ0v) is 13.9. The number of piperidine rings is 1. The molecule has 1 unspecified atom stereocenters. The van der Waals surface area contributed by atoms with Gasteiger partial charge in [-0.15, -0.1) is 0 Å². The van der Waals surface area contributed by atoms with Crippen LogP contribution in [0.15, 0.2) is 35.1 Å². The fraction of sp³-hybridized carbons (Fsp3) is 0.474. The van der Waals surface area contributed by atoms with Crippen molar-refractivity contribution in [1.82, 2.24) is 9.88 Å². The predicted octanol–water partition coefficient (Wildman–Crippen LogP) is 3.78. The van der Waals surface area contributed by atoms with Crippen LogP contribution in [0.5, 0.6) is 0 Å². The van der Waals surface area contributed by atoms with E-state index in [4.69, 9.17) is 4.42 Å². The molecule has 0 aliphatic carbocycles. The second-order valence-electron chi connectivity index (χ2n) is 6.49. The van der Waals surface area contributed by atoms with Gasteiger partial charge in [-0.3, -0.25) is 4.79 Å². The highest BCUT2D eigenvalue weighted by molar-refractivity contribution is 5.92. The number of carbonyl (C=O) groups excluding carboxylic acids is 1. The van der Waals surface area contributed by atoms with Crippen molar-refractivity contribution in [3.05, 3.63) is 53.2 Å². The molecular weight excluding hydrogens is 288 g/mol. The first-order chi connectivity index (χ1) is 11.1. The molecule has 0 radical (unpaired) electrons. The zero-order valence-electron chi connectivity index (χ0n) is 13.9. The number of carbonyl (C=O) groups is 1. The molecule has 0 bridgehead atoms. The molecule has 0 N–H and O–H groups in total. The van der Waals surface area contributed by atoms with Crippen LogP contribution in [0.3, 0.4) is 0 Å². The number of likely N-dealkylation sites (tertiary alicyclic amines) is 1. The van der Waals surface area contributed by atoms with Crippen LogP contribution in [0.1, 0.15) is 46.6 Å². The Morgan fingerprint density at radius 3 is 2.91 bits per heavy atom. The second kappa shape index (κ2) is 6.99. The van der Waals surface area contributed by atoms with Crippen molar-refractivity contribution in [3.8, 4) is 0 Å². The van der Waals surface area contributed by atoms with Gasteiger partial charge < -0.3 is 9.32 Å². The number of benzene rings is 1. The highest BCUT2D eigenvalue weighted by Gasteiger charge is 2.27. The molecule has 2 heterocycles. The number of hydrogen-bond acceptors (Lipinski definition) is 3. The summed E-state index contributed by atoms with van der Waals surface area (Å²) in [6, 6.07) is 8.56. The third kappa shape index (κ3) is 3.63. The number of oxazole rings is 1. The van der Waals surface area contributed by atoms with E-state index in [-0.39, 0.29) is 5.91 Å². The third-order valence-electron chi connectivity index (χ3n) is 4.83. The lowest BCUT2D eigenvalue weighted by molar-refractivity contribution is 0.0635. The van der Waals surface area contributed by atoms with E-state index < -0.39 is 0 Å². The number of rotatable bonds is 4. The zero-order chi connectivity index (χ0) is 16.2. The van der Waals surface area contributed by atoms with Crippen molar-refractivity contribution in [2.24, 2.45) is 5.92 Å². The molecule has 1 aliphatic rings. The van der Waals surface area contributed by atoms with E-state index in [1.54, 1.807) is 0 Å². The summed E-state index contributed by atoms with van der Waals surface area (Å²) in [4.78, 5) is 18.5. The van der Waals surface area contributed by atoms with Crippen molar-refractivity contribution in [2.45, 2.75) is 39.5 Å². The fourth-order valence-corrected chi connectivity index (χ4v) is 3.39. The Morgan fingerprint density at radius 2 is 2.17 bits per heavy atom. The third-order valence-corrected chi connectivity index (χ3v) is 4.83. The monoisotopic (exact) mass is 312 g/mol. The highest BCUT2D eigenvalue weighted by Crippen LogP contribution is 2.24. The topological polar surface area (TPSA) is 46.3 Å². The summed E-state index contributed by atoms with van der Waals surface area (Å²) < 4.78 is 5.26. The standard InChI is InChI=1S/C19H24N2O2/c1-14-6-3-4-8-17(14)10-9-16-7-5-11-21(12-16)19(22)18-15(2)20-13-23-18/h3-4,6,8,13,16H,5,7,9-12H2,1-2H3. The number of aromatic nitrogens is 1. The maximum absolute atomic E-state index is 12.5. The first-order valence-corrected chi connectivity index (χ1v) is 8.39. The van der Waals surface area contributed by atoms with E-state index in [1.807, 2.05) is 11.8 Å². The maximum Gasteiger partial charge on any atom is 0.291 e. The van der Waals surface area contributed by atoms with Gasteiger partial charge in [-0.05, 0) is 56.6 Å². The molecule has 122 valence electrons. The van der Waals surface area contributed by atoms with E-state index in [1.165, 1.54) is 23.9 Å². The van der Waals surface area contributed by atoms with E-state index in [9.17, 15) is 4.79 Å². The molecule has 1 aromatic heterocycles. The molecule has 2 aromatic rings. The van der Waals surface area contributed by atoms with Crippen LogP contribution in [0, 0.1) is 19.8 Å². The smallest absolute Gasteiger partial charge is 0.291 e. The van der Waals surface area contributed by atoms with Gasteiger partial charge in [-0.2, -0.15) is 0 Å². The summed E-state index contributed by atoms with van der Waals surface area (Å²) in [7, 11) is 0. The minimum atomic E-state index is -0.0133. The van der Waals surface area contributed by atoms with Crippen molar-refractivity contribution in [2.75, 3.05) is 13.1 Å². The molecule has 1 amide bonds. The van der Waals surface area contributed by atoms with Crippen LogP contribution in [-0.2, 0) is 6.42 Å². The highest BCUT2D eigenvalue weighted by atomic mass is 16.3. The maximum atomic E-state index is 12.5. The Balaban J connectivity index is 1.59. The second-order valence-corrected chi connectivity index (χ2v) is 6.49. The largest absolute Gasteiger partial charge is 0.438 e. The van der Waals surface area contributed by atoms with Crippen molar-refractivity contribution < 1.29 is 9.21 Å². The molecule has 23 heavy (non-hydrogen) atoms. The fourth-order valence-electron chi connectivity index (χ4n) is 3.39. The van der Waals surface area contributed by atoms with Gasteiger partial charge in [0.1, 0.15) is 0 Å². The Bertz CT molecular complexity index is 678. The van der Waals surface area contributed by atoms with Gasteiger partial charge in [0.05, 0.1) is 5.69 Å². The summed E-state index contributed by atoms with van der Waals surface area (Å²) in [5, 5.41) is 0. The lowest BCUT2D eigenvalue weighted by Crippen LogP contribution is -2.40. The Labute approximate surface area is 137 Å². The summed E-state index contributed by atoms with van der Waals surface area (Å²) >= 11 is 0. The van der Waals surface area contributed by atoms with Gasteiger partial charge in [0.25, 0.3) is 5.91 Å². The van der Waals surface area contributed by atoms with E-state index in [2.05, 4.69) is 36.2 Å². The molecule has 1 aliphatic heterocycles. The van der Waals surface area contributed by atoms with Crippen molar-refractivity contribution >= 4 is 5.91 Å². The lowest BCUT2D eigenvalue weighted by Gasteiger charge is -2.32. The van der Waals surface area contributed by atoms with E-state index >= 15 is 0 Å². The van der Waals surface area contributed by atoms with Crippen molar-refractivity contribution in [3.63, 3.8) is 0 Å². The van der Waals surface area contributed by atoms with Crippen LogP contribution < -0.4 is 0 Å². The molecule has 4 nitrogen and oxygen atoms in total. The molecule has 0 spiro atoms. The number of hydrogen-bond donors (Lipinski definition) is 0. The molecule has 1 fully saturated rings. The average molecular weight is 312 g/mol. The Kier molecular flexibility index (Phi) is 4.79. The number of aryl methyl sites for hydroxylation is 3. The minimum Gasteiger partial charge on any atom is -0.438 e. The SMILES string of the molecule is Cc1ccccc1CCC1CCCN(C(=O)c2ocnc2C)C1. The Morgan fingerprint density at radius 1 is 1.35 bits per heavy atom. The van der Waals surface area contributed by atoms with Gasteiger partial charge in [0.2, 0.25) is 5.76 Å². The van der Waals surface area contributed by atoms with Gasteiger partial charge in [-0.25, -0.2) is 4.98 Å². The predicted molar refractivity (Wildman–Crippen MR) is 89.4 cm³/mol. The molecule has 4 heteroatoms. The average Bonchev–Trinajstić information content (AvgIpc) is 3.00. The van der Waals surface area contributed by atoms with Crippen LogP contribution in [0.2, 0.25) is 0 Å². The summed E-state index contributed by atoms with van der Waals surface area (Å²) in [5.41, 5.74) is 3.45. The van der Waals surface area contributed by atoms with Gasteiger partial charge in [-0.1, -0.05) is 24.3 Å². The van der Waals surface area contributed by atoms with Crippen molar-refractivity contribution in [1.29, 1.82) is 0 Å². The molecule has 1 atom stereocenters. The van der Waals surface area contributed by atoms with Gasteiger partial charge in [0.15, 0.2) is 6.39 Å². The lowest BCUT2D eigenvalue weighted by atomic mass is 9.90.